The normalized spacial score (nSPS) is 36.0. The van der Waals surface area contributed by atoms with Gasteiger partial charge in [0.15, 0.2) is 0 Å². The molecule has 34 heavy (non-hydrogen) atoms. The Balaban J connectivity index is 1.81. The third-order valence-corrected chi connectivity index (χ3v) is 8.20. The van der Waals surface area contributed by atoms with Crippen LogP contribution < -0.4 is 0 Å². The van der Waals surface area contributed by atoms with Crippen LogP contribution in [0.15, 0.2) is 11.0 Å². The zero-order chi connectivity index (χ0) is 25.2. The van der Waals surface area contributed by atoms with E-state index in [-0.39, 0.29) is 30.3 Å². The van der Waals surface area contributed by atoms with Crippen LogP contribution in [0.5, 0.6) is 0 Å². The highest BCUT2D eigenvalue weighted by Crippen LogP contribution is 2.36. The first kappa shape index (κ1) is 27.0. The van der Waals surface area contributed by atoms with Crippen molar-refractivity contribution in [3.05, 3.63) is 21.7 Å². The van der Waals surface area contributed by atoms with E-state index in [1.807, 2.05) is 32.2 Å². The highest BCUT2D eigenvalue weighted by molar-refractivity contribution is 7.09. The van der Waals surface area contributed by atoms with Gasteiger partial charge < -0.3 is 19.7 Å². The lowest BCUT2D eigenvalue weighted by Crippen LogP contribution is -2.45. The van der Waals surface area contributed by atoms with Crippen molar-refractivity contribution in [1.82, 2.24) is 4.98 Å². The highest BCUT2D eigenvalue weighted by atomic mass is 32.1. The maximum atomic E-state index is 13.2. The molecule has 0 saturated carbocycles. The van der Waals surface area contributed by atoms with Crippen molar-refractivity contribution in [3.8, 4) is 0 Å². The number of thiazole rings is 1. The average Bonchev–Trinajstić information content (AvgIpc) is 3.38. The predicted octanol–water partition coefficient (Wildman–Crippen LogP) is 4.09. The first-order valence-electron chi connectivity index (χ1n) is 12.3. The molecule has 190 valence electrons. The fourth-order valence-corrected chi connectivity index (χ4v) is 5.35. The number of rotatable bonds is 2. The standard InChI is InChI=1S/C26H39NO6S/c1-14-8-7-9-19-21(32-19)11-20(15(2)10-18-13-34-17(4)27-18)33-23(29)12-22(28)26(5,6)25(31)16(3)24(14)30/h10,13-14,16,19-22,24,28,30H,7-9,11-12H2,1-6H3/b15-10+/t14-,16+,19+,20-,21-,22-,24?/m0/s1. The van der Waals surface area contributed by atoms with Gasteiger partial charge in [-0.1, -0.05) is 34.1 Å². The summed E-state index contributed by atoms with van der Waals surface area (Å²) in [5.41, 5.74) is 0.494. The quantitative estimate of drug-likeness (QED) is 0.472. The summed E-state index contributed by atoms with van der Waals surface area (Å²) in [4.78, 5) is 30.5. The Hall–Kier alpha value is -1.61. The Kier molecular flexibility index (Phi) is 8.71. The highest BCUT2D eigenvalue weighted by Gasteiger charge is 2.44. The van der Waals surface area contributed by atoms with E-state index in [0.29, 0.717) is 6.42 Å². The van der Waals surface area contributed by atoms with Gasteiger partial charge in [0, 0.05) is 17.7 Å². The van der Waals surface area contributed by atoms with Crippen LogP contribution in [0.2, 0.25) is 0 Å². The molecule has 1 aromatic heterocycles. The van der Waals surface area contributed by atoms with Crippen LogP contribution in [0, 0.1) is 24.2 Å². The van der Waals surface area contributed by atoms with Crippen molar-refractivity contribution in [2.24, 2.45) is 17.3 Å². The number of cyclic esters (lactones) is 1. The fraction of sp³-hybridized carbons (Fsp3) is 0.731. The molecule has 2 fully saturated rings. The number of fused-ring (bicyclic) bond motifs is 1. The lowest BCUT2D eigenvalue weighted by atomic mass is 9.73. The SMILES string of the molecule is C/C(=C\c1csc(C)n1)[C@@H]1C[C@@H]2O[C@@H]2CCC[C@H](C)C(O)[C@@H](C)C(=O)C(C)(C)[C@@H](O)CC(=O)O1. The molecule has 7 nitrogen and oxygen atoms in total. The van der Waals surface area contributed by atoms with Crippen molar-refractivity contribution < 1.29 is 29.3 Å². The molecular weight excluding hydrogens is 454 g/mol. The van der Waals surface area contributed by atoms with Gasteiger partial charge >= 0.3 is 5.97 Å². The molecule has 2 aliphatic rings. The zero-order valence-corrected chi connectivity index (χ0v) is 21.9. The summed E-state index contributed by atoms with van der Waals surface area (Å²) in [6.45, 7) is 10.8. The van der Waals surface area contributed by atoms with E-state index in [1.165, 1.54) is 0 Å². The summed E-state index contributed by atoms with van der Waals surface area (Å²) in [7, 11) is 0. The molecule has 0 radical (unpaired) electrons. The van der Waals surface area contributed by atoms with Gasteiger partial charge in [-0.15, -0.1) is 11.3 Å². The van der Waals surface area contributed by atoms with E-state index in [2.05, 4.69) is 4.98 Å². The summed E-state index contributed by atoms with van der Waals surface area (Å²) in [6.07, 6.45) is 2.28. The van der Waals surface area contributed by atoms with E-state index in [4.69, 9.17) is 9.47 Å². The Morgan fingerprint density at radius 1 is 1.21 bits per heavy atom. The molecule has 2 saturated heterocycles. The number of Topliss-reactive ketones (excluding diaryl/α,β-unsaturated/α-hetero) is 1. The second-order valence-electron chi connectivity index (χ2n) is 10.6. The molecule has 0 aliphatic carbocycles. The summed E-state index contributed by atoms with van der Waals surface area (Å²) in [6, 6.07) is 0. The number of carbonyl (C=O) groups excluding carboxylic acids is 2. The fourth-order valence-electron chi connectivity index (χ4n) is 4.78. The van der Waals surface area contributed by atoms with Crippen LogP contribution >= 0.6 is 11.3 Å². The number of aliphatic hydroxyl groups is 2. The van der Waals surface area contributed by atoms with E-state index < -0.39 is 35.6 Å². The monoisotopic (exact) mass is 493 g/mol. The van der Waals surface area contributed by atoms with Gasteiger partial charge in [-0.2, -0.15) is 0 Å². The number of esters is 1. The number of ether oxygens (including phenoxy) is 2. The van der Waals surface area contributed by atoms with Gasteiger partial charge in [0.1, 0.15) is 11.9 Å². The number of hydrogen-bond donors (Lipinski definition) is 2. The van der Waals surface area contributed by atoms with Crippen molar-refractivity contribution in [1.29, 1.82) is 0 Å². The summed E-state index contributed by atoms with van der Waals surface area (Å²) in [5, 5.41) is 24.5. The maximum absolute atomic E-state index is 13.2. The zero-order valence-electron chi connectivity index (χ0n) is 21.1. The number of aromatic nitrogens is 1. The van der Waals surface area contributed by atoms with E-state index in [9.17, 15) is 19.8 Å². The number of nitrogens with zero attached hydrogens (tertiary/aromatic N) is 1. The van der Waals surface area contributed by atoms with Gasteiger partial charge in [-0.05, 0) is 44.3 Å². The van der Waals surface area contributed by atoms with Crippen molar-refractivity contribution in [2.45, 2.75) is 104 Å². The number of ketones is 1. The van der Waals surface area contributed by atoms with Crippen molar-refractivity contribution >= 4 is 29.2 Å². The minimum atomic E-state index is -1.22. The lowest BCUT2D eigenvalue weighted by molar-refractivity contribution is -0.154. The first-order chi connectivity index (χ1) is 15.9. The number of aliphatic hydroxyl groups excluding tert-OH is 2. The molecule has 1 unspecified atom stereocenters. The van der Waals surface area contributed by atoms with Crippen LogP contribution in [0.3, 0.4) is 0 Å². The van der Waals surface area contributed by atoms with Crippen LogP contribution in [0.1, 0.15) is 77.4 Å². The molecule has 1 aromatic rings. The Labute approximate surface area is 206 Å². The summed E-state index contributed by atoms with van der Waals surface area (Å²) < 4.78 is 11.7. The number of hydrogen-bond acceptors (Lipinski definition) is 8. The number of epoxide rings is 1. The molecule has 7 atom stereocenters. The van der Waals surface area contributed by atoms with Crippen LogP contribution in [0.25, 0.3) is 6.08 Å². The van der Waals surface area contributed by atoms with Gasteiger partial charge in [0.25, 0.3) is 0 Å². The van der Waals surface area contributed by atoms with E-state index in [0.717, 1.165) is 35.5 Å². The molecule has 0 bridgehead atoms. The van der Waals surface area contributed by atoms with Gasteiger partial charge in [-0.25, -0.2) is 4.98 Å². The van der Waals surface area contributed by atoms with Gasteiger partial charge in [-0.3, -0.25) is 9.59 Å². The topological polar surface area (TPSA) is 109 Å². The second-order valence-corrected chi connectivity index (χ2v) is 11.7. The molecule has 8 heteroatoms. The molecule has 0 amide bonds. The maximum Gasteiger partial charge on any atom is 0.309 e. The molecule has 0 aromatic carbocycles. The molecule has 0 spiro atoms. The average molecular weight is 494 g/mol. The van der Waals surface area contributed by atoms with Gasteiger partial charge in [0.2, 0.25) is 0 Å². The van der Waals surface area contributed by atoms with Gasteiger partial charge in [0.05, 0.1) is 47.0 Å². The van der Waals surface area contributed by atoms with Crippen molar-refractivity contribution in [3.63, 3.8) is 0 Å². The first-order valence-corrected chi connectivity index (χ1v) is 13.1. The van der Waals surface area contributed by atoms with E-state index >= 15 is 0 Å². The third kappa shape index (κ3) is 6.53. The summed E-state index contributed by atoms with van der Waals surface area (Å²) >= 11 is 1.56. The molecule has 2 N–H and O–H groups in total. The third-order valence-electron chi connectivity index (χ3n) is 7.41. The Morgan fingerprint density at radius 3 is 2.56 bits per heavy atom. The van der Waals surface area contributed by atoms with E-state index in [1.54, 1.807) is 32.1 Å². The number of carbonyl (C=O) groups is 2. The van der Waals surface area contributed by atoms with Crippen LogP contribution in [-0.4, -0.2) is 57.5 Å². The minimum absolute atomic E-state index is 0.00770. The second kappa shape index (κ2) is 11.0. The smallest absolute Gasteiger partial charge is 0.309 e. The largest absolute Gasteiger partial charge is 0.458 e. The Bertz CT molecular complexity index is 909. The summed E-state index contributed by atoms with van der Waals surface area (Å²) in [5.74, 6) is -1.52. The lowest BCUT2D eigenvalue weighted by Gasteiger charge is -2.34. The van der Waals surface area contributed by atoms with Crippen LogP contribution in [0.4, 0.5) is 0 Å². The molecule has 3 heterocycles. The molecule has 3 rings (SSSR count). The minimum Gasteiger partial charge on any atom is -0.458 e. The predicted molar refractivity (Wildman–Crippen MR) is 131 cm³/mol. The number of aryl methyl sites for hydroxylation is 1. The van der Waals surface area contributed by atoms with Crippen LogP contribution in [-0.2, 0) is 19.1 Å². The Morgan fingerprint density at radius 2 is 1.91 bits per heavy atom. The van der Waals surface area contributed by atoms with Crippen molar-refractivity contribution in [2.75, 3.05) is 0 Å². The molecular formula is C26H39NO6S. The molecule has 2 aliphatic heterocycles.